The molecule has 2 fully saturated rings. The fourth-order valence-corrected chi connectivity index (χ4v) is 2.97. The quantitative estimate of drug-likeness (QED) is 0.890. The summed E-state index contributed by atoms with van der Waals surface area (Å²) >= 11 is 0. The molecule has 0 radical (unpaired) electrons. The summed E-state index contributed by atoms with van der Waals surface area (Å²) in [6.45, 7) is 0. The van der Waals surface area contributed by atoms with E-state index in [0.29, 0.717) is 23.9 Å². The van der Waals surface area contributed by atoms with Crippen LogP contribution in [0.25, 0.3) is 0 Å². The van der Waals surface area contributed by atoms with Crippen LogP contribution in [0.1, 0.15) is 51.0 Å². The fourth-order valence-electron chi connectivity index (χ4n) is 2.97. The predicted molar refractivity (Wildman–Crippen MR) is 69.0 cm³/mol. The number of nitrogens with zero attached hydrogens (tertiary/aromatic N) is 2. The molecule has 0 unspecified atom stereocenters. The van der Waals surface area contributed by atoms with Gasteiger partial charge < -0.3 is 5.32 Å². The molecule has 0 bridgehead atoms. The molecule has 0 atom stereocenters. The van der Waals surface area contributed by atoms with Gasteiger partial charge >= 0.3 is 0 Å². The lowest BCUT2D eigenvalue weighted by Gasteiger charge is -2.32. The topological polar surface area (TPSA) is 46.9 Å². The number of aromatic nitrogens is 2. The van der Waals surface area contributed by atoms with Crippen molar-refractivity contribution in [2.24, 2.45) is 5.92 Å². The van der Waals surface area contributed by atoms with Crippen LogP contribution in [0, 0.1) is 5.92 Å². The Kier molecular flexibility index (Phi) is 3.35. The highest BCUT2D eigenvalue weighted by Crippen LogP contribution is 2.30. The molecule has 1 N–H and O–H groups in total. The number of nitrogens with one attached hydrogen (secondary N) is 1. The van der Waals surface area contributed by atoms with E-state index in [1.807, 2.05) is 18.5 Å². The Morgan fingerprint density at radius 3 is 2.50 bits per heavy atom. The molecule has 1 heterocycles. The molecule has 1 aromatic heterocycles. The molecular weight excluding hydrogens is 226 g/mol. The van der Waals surface area contributed by atoms with E-state index in [2.05, 4.69) is 15.1 Å². The summed E-state index contributed by atoms with van der Waals surface area (Å²) in [4.78, 5) is 11.9. The summed E-state index contributed by atoms with van der Waals surface area (Å²) in [6.07, 6.45) is 11.7. The van der Waals surface area contributed by atoms with Gasteiger partial charge in [0, 0.05) is 24.4 Å². The van der Waals surface area contributed by atoms with Crippen LogP contribution in [0.2, 0.25) is 0 Å². The molecule has 2 aliphatic carbocycles. The lowest BCUT2D eigenvalue weighted by molar-refractivity contribution is -0.128. The molecule has 0 saturated heterocycles. The number of carbonyl (C=O) groups is 1. The highest BCUT2D eigenvalue weighted by Gasteiger charge is 2.29. The second-order valence-corrected chi connectivity index (χ2v) is 5.63. The van der Waals surface area contributed by atoms with E-state index in [-0.39, 0.29) is 0 Å². The van der Waals surface area contributed by atoms with Crippen LogP contribution in [0.5, 0.6) is 0 Å². The van der Waals surface area contributed by atoms with Crippen LogP contribution in [0.4, 0.5) is 0 Å². The molecule has 4 heteroatoms. The average molecular weight is 247 g/mol. The highest BCUT2D eigenvalue weighted by atomic mass is 16.2. The molecular formula is C14H21N3O. The van der Waals surface area contributed by atoms with Crippen LogP contribution < -0.4 is 5.32 Å². The molecule has 3 rings (SSSR count). The molecule has 1 aromatic rings. The van der Waals surface area contributed by atoms with Crippen molar-refractivity contribution in [2.75, 3.05) is 0 Å². The first-order valence-electron chi connectivity index (χ1n) is 7.12. The summed E-state index contributed by atoms with van der Waals surface area (Å²) in [6, 6.07) is 2.89. The van der Waals surface area contributed by atoms with E-state index < -0.39 is 0 Å². The van der Waals surface area contributed by atoms with Gasteiger partial charge in [0.15, 0.2) is 0 Å². The van der Waals surface area contributed by atoms with Crippen molar-refractivity contribution >= 4 is 5.91 Å². The van der Waals surface area contributed by atoms with Gasteiger partial charge in [0.1, 0.15) is 0 Å². The van der Waals surface area contributed by atoms with Crippen molar-refractivity contribution in [3.8, 4) is 0 Å². The fraction of sp³-hybridized carbons (Fsp3) is 0.714. The largest absolute Gasteiger partial charge is 0.353 e. The van der Waals surface area contributed by atoms with Gasteiger partial charge in [-0.15, -0.1) is 0 Å². The third kappa shape index (κ3) is 2.42. The Morgan fingerprint density at radius 1 is 1.17 bits per heavy atom. The maximum absolute atomic E-state index is 11.9. The van der Waals surface area contributed by atoms with Crippen LogP contribution in [0.3, 0.4) is 0 Å². The number of carbonyl (C=O) groups excluding carboxylic acids is 1. The van der Waals surface area contributed by atoms with Gasteiger partial charge in [-0.25, -0.2) is 0 Å². The molecule has 0 aromatic carbocycles. The van der Waals surface area contributed by atoms with Crippen molar-refractivity contribution in [1.29, 1.82) is 0 Å². The minimum absolute atomic E-state index is 0.295. The summed E-state index contributed by atoms with van der Waals surface area (Å²) in [7, 11) is 0. The lowest BCUT2D eigenvalue weighted by Crippen LogP contribution is -2.42. The van der Waals surface area contributed by atoms with Gasteiger partial charge in [-0.05, 0) is 44.6 Å². The first-order chi connectivity index (χ1) is 8.83. The Balaban J connectivity index is 1.46. The lowest BCUT2D eigenvalue weighted by atomic mass is 9.84. The second-order valence-electron chi connectivity index (χ2n) is 5.63. The van der Waals surface area contributed by atoms with E-state index >= 15 is 0 Å². The number of rotatable bonds is 3. The van der Waals surface area contributed by atoms with Crippen LogP contribution in [-0.2, 0) is 4.79 Å². The van der Waals surface area contributed by atoms with E-state index in [1.54, 1.807) is 0 Å². The standard InChI is InChI=1S/C14H21N3O/c18-14(11-3-1-4-11)16-12-5-7-13(8-6-12)17-10-2-9-15-17/h2,9-13H,1,3-8H2,(H,16,18). The first kappa shape index (κ1) is 11.8. The summed E-state index contributed by atoms with van der Waals surface area (Å²) in [5.74, 6) is 0.609. The number of amides is 1. The molecule has 0 aliphatic heterocycles. The van der Waals surface area contributed by atoms with Crippen LogP contribution in [-0.4, -0.2) is 21.7 Å². The average Bonchev–Trinajstić information content (AvgIpc) is 2.81. The summed E-state index contributed by atoms with van der Waals surface area (Å²) < 4.78 is 2.06. The van der Waals surface area contributed by atoms with Crippen molar-refractivity contribution in [2.45, 2.75) is 57.0 Å². The maximum atomic E-state index is 11.9. The summed E-state index contributed by atoms with van der Waals surface area (Å²) in [5, 5.41) is 7.52. The van der Waals surface area contributed by atoms with E-state index in [0.717, 1.165) is 38.5 Å². The third-order valence-electron chi connectivity index (χ3n) is 4.42. The van der Waals surface area contributed by atoms with E-state index in [9.17, 15) is 4.79 Å². The van der Waals surface area contributed by atoms with E-state index in [4.69, 9.17) is 0 Å². The Bertz CT molecular complexity index is 389. The third-order valence-corrected chi connectivity index (χ3v) is 4.42. The molecule has 1 amide bonds. The van der Waals surface area contributed by atoms with Crippen molar-refractivity contribution in [3.63, 3.8) is 0 Å². The molecule has 2 saturated carbocycles. The highest BCUT2D eigenvalue weighted by molar-refractivity contribution is 5.79. The number of hydrogen-bond donors (Lipinski definition) is 1. The molecule has 98 valence electrons. The smallest absolute Gasteiger partial charge is 0.223 e. The molecule has 4 nitrogen and oxygen atoms in total. The SMILES string of the molecule is O=C(NC1CCC(n2cccn2)CC1)C1CCC1. The zero-order chi connectivity index (χ0) is 12.4. The van der Waals surface area contributed by atoms with Crippen LogP contribution >= 0.6 is 0 Å². The first-order valence-corrected chi connectivity index (χ1v) is 7.12. The van der Waals surface area contributed by atoms with Gasteiger partial charge in [-0.1, -0.05) is 6.42 Å². The summed E-state index contributed by atoms with van der Waals surface area (Å²) in [5.41, 5.74) is 0. The zero-order valence-corrected chi connectivity index (χ0v) is 10.7. The Labute approximate surface area is 108 Å². The molecule has 2 aliphatic rings. The zero-order valence-electron chi connectivity index (χ0n) is 10.7. The van der Waals surface area contributed by atoms with Gasteiger partial charge in [0.05, 0.1) is 6.04 Å². The van der Waals surface area contributed by atoms with Crippen molar-refractivity contribution < 1.29 is 4.79 Å². The monoisotopic (exact) mass is 247 g/mol. The molecule has 18 heavy (non-hydrogen) atoms. The Hall–Kier alpha value is -1.32. The second kappa shape index (κ2) is 5.12. The molecule has 0 spiro atoms. The van der Waals surface area contributed by atoms with Gasteiger partial charge in [-0.2, -0.15) is 5.10 Å². The normalized spacial score (nSPS) is 28.7. The van der Waals surface area contributed by atoms with Crippen molar-refractivity contribution in [3.05, 3.63) is 18.5 Å². The van der Waals surface area contributed by atoms with Crippen molar-refractivity contribution in [1.82, 2.24) is 15.1 Å². The van der Waals surface area contributed by atoms with Gasteiger partial charge in [0.25, 0.3) is 0 Å². The maximum Gasteiger partial charge on any atom is 0.223 e. The minimum atomic E-state index is 0.295. The minimum Gasteiger partial charge on any atom is -0.353 e. The number of hydrogen-bond acceptors (Lipinski definition) is 2. The van der Waals surface area contributed by atoms with Gasteiger partial charge in [-0.3, -0.25) is 9.48 Å². The Morgan fingerprint density at radius 2 is 1.94 bits per heavy atom. The van der Waals surface area contributed by atoms with E-state index in [1.165, 1.54) is 6.42 Å². The predicted octanol–water partition coefficient (Wildman–Crippen LogP) is 2.28. The van der Waals surface area contributed by atoms with Gasteiger partial charge in [0.2, 0.25) is 5.91 Å². The van der Waals surface area contributed by atoms with Crippen LogP contribution in [0.15, 0.2) is 18.5 Å².